The van der Waals surface area contributed by atoms with E-state index in [1.165, 1.54) is 17.3 Å². The van der Waals surface area contributed by atoms with Gasteiger partial charge in [0, 0.05) is 19.7 Å². The number of aryl methyl sites for hydroxylation is 3. The first kappa shape index (κ1) is 22.9. The summed E-state index contributed by atoms with van der Waals surface area (Å²) < 4.78 is 9.62. The van der Waals surface area contributed by atoms with Crippen molar-refractivity contribution in [3.8, 4) is 5.75 Å². The van der Waals surface area contributed by atoms with Gasteiger partial charge in [0.1, 0.15) is 18.2 Å². The standard InChI is InChI=1S/C22H30N6O2S/c1-6-17-7-9-18(10-8-17)30-13-20-24-25-22(28(20)12-15(2)3)31-14-21(29)23-19-11-16(4)26-27(19)5/h7-11,15H,6,12-14H2,1-5H3,(H,23,29). The minimum absolute atomic E-state index is 0.110. The van der Waals surface area contributed by atoms with Crippen LogP contribution in [-0.2, 0) is 31.4 Å². The van der Waals surface area contributed by atoms with Crippen molar-refractivity contribution in [1.29, 1.82) is 0 Å². The van der Waals surface area contributed by atoms with Crippen molar-refractivity contribution < 1.29 is 9.53 Å². The summed E-state index contributed by atoms with van der Waals surface area (Å²) in [6.07, 6.45) is 0.997. The third-order valence-corrected chi connectivity index (χ3v) is 5.61. The molecule has 31 heavy (non-hydrogen) atoms. The molecule has 0 unspecified atom stereocenters. The fraction of sp³-hybridized carbons (Fsp3) is 0.455. The summed E-state index contributed by atoms with van der Waals surface area (Å²) >= 11 is 1.37. The molecule has 0 atom stereocenters. The molecular weight excluding hydrogens is 412 g/mol. The van der Waals surface area contributed by atoms with Crippen molar-refractivity contribution >= 4 is 23.5 Å². The molecule has 0 aliphatic rings. The van der Waals surface area contributed by atoms with Gasteiger partial charge in [0.15, 0.2) is 11.0 Å². The predicted octanol–water partition coefficient (Wildman–Crippen LogP) is 3.85. The minimum Gasteiger partial charge on any atom is -0.486 e. The number of aromatic nitrogens is 5. The maximum Gasteiger partial charge on any atom is 0.235 e. The lowest BCUT2D eigenvalue weighted by Gasteiger charge is -2.13. The van der Waals surface area contributed by atoms with Crippen LogP contribution in [0.25, 0.3) is 0 Å². The van der Waals surface area contributed by atoms with Crippen molar-refractivity contribution in [3.63, 3.8) is 0 Å². The molecule has 0 fully saturated rings. The highest BCUT2D eigenvalue weighted by molar-refractivity contribution is 7.99. The highest BCUT2D eigenvalue weighted by atomic mass is 32.2. The van der Waals surface area contributed by atoms with E-state index in [9.17, 15) is 4.79 Å². The number of benzene rings is 1. The number of hydrogen-bond donors (Lipinski definition) is 1. The van der Waals surface area contributed by atoms with Crippen LogP contribution < -0.4 is 10.1 Å². The molecule has 166 valence electrons. The smallest absolute Gasteiger partial charge is 0.235 e. The highest BCUT2D eigenvalue weighted by Gasteiger charge is 2.16. The van der Waals surface area contributed by atoms with E-state index in [4.69, 9.17) is 4.74 Å². The molecule has 0 saturated heterocycles. The maximum absolute atomic E-state index is 12.4. The zero-order valence-electron chi connectivity index (χ0n) is 18.8. The van der Waals surface area contributed by atoms with E-state index in [-0.39, 0.29) is 11.7 Å². The van der Waals surface area contributed by atoms with Gasteiger partial charge in [-0.2, -0.15) is 5.10 Å². The molecule has 0 saturated carbocycles. The first-order valence-electron chi connectivity index (χ1n) is 10.4. The van der Waals surface area contributed by atoms with Crippen molar-refractivity contribution in [3.05, 3.63) is 47.4 Å². The Kier molecular flexibility index (Phi) is 7.73. The monoisotopic (exact) mass is 442 g/mol. The molecular formula is C22H30N6O2S. The zero-order valence-corrected chi connectivity index (χ0v) is 19.6. The summed E-state index contributed by atoms with van der Waals surface area (Å²) in [5.74, 6) is 2.76. The van der Waals surface area contributed by atoms with Crippen LogP contribution in [0.3, 0.4) is 0 Å². The van der Waals surface area contributed by atoms with Crippen LogP contribution in [0.2, 0.25) is 0 Å². The first-order chi connectivity index (χ1) is 14.9. The van der Waals surface area contributed by atoms with E-state index in [2.05, 4.69) is 53.5 Å². The molecule has 2 heterocycles. The van der Waals surface area contributed by atoms with Crippen LogP contribution in [0.15, 0.2) is 35.5 Å². The van der Waals surface area contributed by atoms with Crippen LogP contribution in [0.5, 0.6) is 5.75 Å². The molecule has 0 aliphatic carbocycles. The van der Waals surface area contributed by atoms with E-state index in [0.29, 0.717) is 23.5 Å². The lowest BCUT2D eigenvalue weighted by molar-refractivity contribution is -0.113. The first-order valence-corrected chi connectivity index (χ1v) is 11.4. The Morgan fingerprint density at radius 1 is 1.23 bits per heavy atom. The number of ether oxygens (including phenoxy) is 1. The van der Waals surface area contributed by atoms with E-state index >= 15 is 0 Å². The second kappa shape index (κ2) is 10.5. The van der Waals surface area contributed by atoms with Gasteiger partial charge in [-0.15, -0.1) is 10.2 Å². The summed E-state index contributed by atoms with van der Waals surface area (Å²) in [5.41, 5.74) is 2.13. The third-order valence-electron chi connectivity index (χ3n) is 4.64. The Bertz CT molecular complexity index is 1010. The molecule has 1 aromatic carbocycles. The van der Waals surface area contributed by atoms with Crippen LogP contribution in [0.1, 0.15) is 37.9 Å². The van der Waals surface area contributed by atoms with E-state index in [1.807, 2.05) is 29.7 Å². The Morgan fingerprint density at radius 2 is 1.97 bits per heavy atom. The average Bonchev–Trinajstić information content (AvgIpc) is 3.26. The van der Waals surface area contributed by atoms with Gasteiger partial charge in [0.25, 0.3) is 0 Å². The number of anilines is 1. The normalized spacial score (nSPS) is 11.2. The Hall–Kier alpha value is -2.81. The summed E-state index contributed by atoms with van der Waals surface area (Å²) in [6, 6.07) is 9.92. The highest BCUT2D eigenvalue weighted by Crippen LogP contribution is 2.21. The maximum atomic E-state index is 12.4. The fourth-order valence-corrected chi connectivity index (χ4v) is 3.85. The van der Waals surface area contributed by atoms with Crippen molar-refractivity contribution in [2.24, 2.45) is 13.0 Å². The number of nitrogens with one attached hydrogen (secondary N) is 1. The van der Waals surface area contributed by atoms with Crippen LogP contribution in [0, 0.1) is 12.8 Å². The van der Waals surface area contributed by atoms with Gasteiger partial charge in [-0.1, -0.05) is 44.7 Å². The molecule has 1 N–H and O–H groups in total. The number of carbonyl (C=O) groups is 1. The molecule has 0 aliphatic heterocycles. The molecule has 3 rings (SSSR count). The van der Waals surface area contributed by atoms with Crippen molar-refractivity contribution in [2.75, 3.05) is 11.1 Å². The van der Waals surface area contributed by atoms with Crippen molar-refractivity contribution in [2.45, 2.75) is 52.4 Å². The third kappa shape index (κ3) is 6.33. The average molecular weight is 443 g/mol. The summed E-state index contributed by atoms with van der Waals surface area (Å²) in [6.45, 7) is 9.37. The van der Waals surface area contributed by atoms with Gasteiger partial charge in [0.05, 0.1) is 11.4 Å². The van der Waals surface area contributed by atoms with Gasteiger partial charge in [-0.25, -0.2) is 0 Å². The Morgan fingerprint density at radius 3 is 2.58 bits per heavy atom. The molecule has 2 aromatic heterocycles. The fourth-order valence-electron chi connectivity index (χ4n) is 3.09. The number of thioether (sulfide) groups is 1. The summed E-state index contributed by atoms with van der Waals surface area (Å²) in [5, 5.41) is 16.5. The largest absolute Gasteiger partial charge is 0.486 e. The zero-order chi connectivity index (χ0) is 22.4. The lowest BCUT2D eigenvalue weighted by atomic mass is 10.2. The second-order valence-electron chi connectivity index (χ2n) is 7.82. The Labute approximate surface area is 187 Å². The number of nitrogens with zero attached hydrogens (tertiary/aromatic N) is 5. The molecule has 0 spiro atoms. The second-order valence-corrected chi connectivity index (χ2v) is 8.76. The molecule has 1 amide bonds. The SMILES string of the molecule is CCc1ccc(OCc2nnc(SCC(=O)Nc3cc(C)nn3C)n2CC(C)C)cc1. The molecule has 3 aromatic rings. The molecule has 0 bridgehead atoms. The van der Waals surface area contributed by atoms with Crippen LogP contribution >= 0.6 is 11.8 Å². The van der Waals surface area contributed by atoms with Gasteiger partial charge in [0.2, 0.25) is 5.91 Å². The lowest BCUT2D eigenvalue weighted by Crippen LogP contribution is -2.17. The quantitative estimate of drug-likeness (QED) is 0.480. The van der Waals surface area contributed by atoms with Crippen LogP contribution in [0.4, 0.5) is 5.82 Å². The van der Waals surface area contributed by atoms with Crippen LogP contribution in [-0.4, -0.2) is 36.2 Å². The number of rotatable bonds is 10. The minimum atomic E-state index is -0.110. The Balaban J connectivity index is 1.63. The predicted molar refractivity (Wildman–Crippen MR) is 122 cm³/mol. The molecule has 0 radical (unpaired) electrons. The van der Waals surface area contributed by atoms with E-state index in [0.717, 1.165) is 30.2 Å². The van der Waals surface area contributed by atoms with Gasteiger partial charge < -0.3 is 14.6 Å². The van der Waals surface area contributed by atoms with Crippen molar-refractivity contribution in [1.82, 2.24) is 24.5 Å². The van der Waals surface area contributed by atoms with E-state index < -0.39 is 0 Å². The number of hydrogen-bond acceptors (Lipinski definition) is 6. The molecule has 9 heteroatoms. The summed E-state index contributed by atoms with van der Waals surface area (Å²) in [7, 11) is 1.80. The van der Waals surface area contributed by atoms with E-state index in [1.54, 1.807) is 11.7 Å². The van der Waals surface area contributed by atoms with Gasteiger partial charge in [-0.3, -0.25) is 9.48 Å². The van der Waals surface area contributed by atoms with Gasteiger partial charge in [-0.05, 0) is 37.0 Å². The molecule has 8 nitrogen and oxygen atoms in total. The van der Waals surface area contributed by atoms with Gasteiger partial charge >= 0.3 is 0 Å². The topological polar surface area (TPSA) is 86.9 Å². The number of carbonyl (C=O) groups excluding carboxylic acids is 1. The summed E-state index contributed by atoms with van der Waals surface area (Å²) in [4.78, 5) is 12.4. The number of amides is 1.